The van der Waals surface area contributed by atoms with E-state index in [2.05, 4.69) is 28.3 Å². The van der Waals surface area contributed by atoms with Crippen molar-refractivity contribution in [3.63, 3.8) is 0 Å². The number of ether oxygens (including phenoxy) is 1. The van der Waals surface area contributed by atoms with E-state index in [1.54, 1.807) is 0 Å². The SMILES string of the molecule is CN(CCc1ccccn1)CCC1COCCN1. The number of pyridine rings is 1. The zero-order valence-electron chi connectivity index (χ0n) is 11.1. The summed E-state index contributed by atoms with van der Waals surface area (Å²) in [6.07, 6.45) is 4.03. The third-order valence-electron chi connectivity index (χ3n) is 3.33. The van der Waals surface area contributed by atoms with Gasteiger partial charge in [-0.1, -0.05) is 6.07 Å². The summed E-state index contributed by atoms with van der Waals surface area (Å²) in [6.45, 7) is 4.86. The molecule has 1 aliphatic rings. The molecule has 1 fully saturated rings. The third-order valence-corrected chi connectivity index (χ3v) is 3.33. The summed E-state index contributed by atoms with van der Waals surface area (Å²) in [5, 5.41) is 3.48. The van der Waals surface area contributed by atoms with E-state index < -0.39 is 0 Å². The van der Waals surface area contributed by atoms with E-state index in [9.17, 15) is 0 Å². The Morgan fingerprint density at radius 1 is 1.44 bits per heavy atom. The van der Waals surface area contributed by atoms with Crippen molar-refractivity contribution in [1.29, 1.82) is 0 Å². The van der Waals surface area contributed by atoms with Gasteiger partial charge in [0.15, 0.2) is 0 Å². The summed E-state index contributed by atoms with van der Waals surface area (Å²) in [4.78, 5) is 6.71. The van der Waals surface area contributed by atoms with Crippen LogP contribution in [-0.2, 0) is 11.2 Å². The topological polar surface area (TPSA) is 37.4 Å². The van der Waals surface area contributed by atoms with Crippen molar-refractivity contribution in [2.45, 2.75) is 18.9 Å². The smallest absolute Gasteiger partial charge is 0.0620 e. The Bertz CT molecular complexity index is 325. The molecule has 0 radical (unpaired) electrons. The highest BCUT2D eigenvalue weighted by atomic mass is 16.5. The van der Waals surface area contributed by atoms with Crippen LogP contribution in [0.2, 0.25) is 0 Å². The quantitative estimate of drug-likeness (QED) is 0.814. The number of nitrogens with one attached hydrogen (secondary N) is 1. The van der Waals surface area contributed by atoms with Crippen molar-refractivity contribution >= 4 is 0 Å². The number of hydrogen-bond donors (Lipinski definition) is 1. The predicted molar refractivity (Wildman–Crippen MR) is 72.7 cm³/mol. The monoisotopic (exact) mass is 249 g/mol. The van der Waals surface area contributed by atoms with Crippen molar-refractivity contribution in [2.75, 3.05) is 39.9 Å². The van der Waals surface area contributed by atoms with Crippen LogP contribution in [0.5, 0.6) is 0 Å². The number of aromatic nitrogens is 1. The molecule has 0 amide bonds. The van der Waals surface area contributed by atoms with Crippen molar-refractivity contribution < 1.29 is 4.74 Å². The molecule has 2 rings (SSSR count). The largest absolute Gasteiger partial charge is 0.379 e. The molecule has 1 atom stereocenters. The van der Waals surface area contributed by atoms with Crippen LogP contribution in [0.25, 0.3) is 0 Å². The van der Waals surface area contributed by atoms with Crippen molar-refractivity contribution in [3.8, 4) is 0 Å². The summed E-state index contributed by atoms with van der Waals surface area (Å²) in [6, 6.07) is 6.62. The van der Waals surface area contributed by atoms with Gasteiger partial charge in [0.05, 0.1) is 13.2 Å². The molecule has 1 unspecified atom stereocenters. The lowest BCUT2D eigenvalue weighted by Crippen LogP contribution is -2.43. The van der Waals surface area contributed by atoms with E-state index in [4.69, 9.17) is 4.74 Å². The second kappa shape index (κ2) is 7.46. The standard InChI is InChI=1S/C14H23N3O/c1-17(9-5-13-4-2-3-7-15-13)10-6-14-12-18-11-8-16-14/h2-4,7,14,16H,5-6,8-12H2,1H3. The molecule has 0 aromatic carbocycles. The summed E-state index contributed by atoms with van der Waals surface area (Å²) in [5.74, 6) is 0. The number of hydrogen-bond acceptors (Lipinski definition) is 4. The van der Waals surface area contributed by atoms with E-state index in [1.807, 2.05) is 18.3 Å². The Balaban J connectivity index is 1.61. The van der Waals surface area contributed by atoms with Crippen molar-refractivity contribution in [3.05, 3.63) is 30.1 Å². The van der Waals surface area contributed by atoms with Gasteiger partial charge in [-0.3, -0.25) is 4.98 Å². The van der Waals surface area contributed by atoms with Gasteiger partial charge in [0.2, 0.25) is 0 Å². The second-order valence-electron chi connectivity index (χ2n) is 4.89. The molecule has 4 nitrogen and oxygen atoms in total. The van der Waals surface area contributed by atoms with Crippen LogP contribution < -0.4 is 5.32 Å². The Kier molecular flexibility index (Phi) is 5.58. The fourth-order valence-corrected chi connectivity index (χ4v) is 2.14. The Labute approximate surface area is 109 Å². The van der Waals surface area contributed by atoms with Crippen LogP contribution in [0, 0.1) is 0 Å². The maximum Gasteiger partial charge on any atom is 0.0620 e. The first kappa shape index (κ1) is 13.5. The summed E-state index contributed by atoms with van der Waals surface area (Å²) >= 11 is 0. The van der Waals surface area contributed by atoms with E-state index >= 15 is 0 Å². The lowest BCUT2D eigenvalue weighted by Gasteiger charge is -2.26. The Morgan fingerprint density at radius 3 is 3.11 bits per heavy atom. The van der Waals surface area contributed by atoms with Gasteiger partial charge in [-0.05, 0) is 32.1 Å². The zero-order valence-corrected chi connectivity index (χ0v) is 11.1. The molecule has 100 valence electrons. The molecule has 0 bridgehead atoms. The van der Waals surface area contributed by atoms with Crippen LogP contribution >= 0.6 is 0 Å². The molecule has 0 aliphatic carbocycles. The average Bonchev–Trinajstić information content (AvgIpc) is 2.45. The zero-order chi connectivity index (χ0) is 12.6. The summed E-state index contributed by atoms with van der Waals surface area (Å²) in [5.41, 5.74) is 1.17. The minimum atomic E-state index is 0.524. The second-order valence-corrected chi connectivity index (χ2v) is 4.89. The fraction of sp³-hybridized carbons (Fsp3) is 0.643. The first-order chi connectivity index (χ1) is 8.84. The van der Waals surface area contributed by atoms with Crippen LogP contribution in [0.4, 0.5) is 0 Å². The van der Waals surface area contributed by atoms with Crippen molar-refractivity contribution in [2.24, 2.45) is 0 Å². The molecule has 2 heterocycles. The van der Waals surface area contributed by atoms with Gasteiger partial charge in [-0.25, -0.2) is 0 Å². The molecule has 0 spiro atoms. The van der Waals surface area contributed by atoms with E-state index in [-0.39, 0.29) is 0 Å². The molecule has 18 heavy (non-hydrogen) atoms. The number of morpholine rings is 1. The highest BCUT2D eigenvalue weighted by Gasteiger charge is 2.13. The van der Waals surface area contributed by atoms with Gasteiger partial charge in [-0.2, -0.15) is 0 Å². The molecular formula is C14H23N3O. The Morgan fingerprint density at radius 2 is 2.39 bits per heavy atom. The highest BCUT2D eigenvalue weighted by Crippen LogP contribution is 2.01. The van der Waals surface area contributed by atoms with Gasteiger partial charge in [0.25, 0.3) is 0 Å². The molecule has 1 aromatic rings. The molecule has 1 N–H and O–H groups in total. The lowest BCUT2D eigenvalue weighted by molar-refractivity contribution is 0.0711. The van der Waals surface area contributed by atoms with Crippen LogP contribution in [-0.4, -0.2) is 55.8 Å². The number of likely N-dealkylation sites (N-methyl/N-ethyl adjacent to an activating group) is 1. The Hall–Kier alpha value is -0.970. The molecular weight excluding hydrogens is 226 g/mol. The minimum Gasteiger partial charge on any atom is -0.379 e. The van der Waals surface area contributed by atoms with Crippen LogP contribution in [0.3, 0.4) is 0 Å². The van der Waals surface area contributed by atoms with Gasteiger partial charge in [0, 0.05) is 37.4 Å². The van der Waals surface area contributed by atoms with Gasteiger partial charge in [-0.15, -0.1) is 0 Å². The number of rotatable bonds is 6. The predicted octanol–water partition coefficient (Wildman–Crippen LogP) is 0.934. The van der Waals surface area contributed by atoms with Crippen LogP contribution in [0.15, 0.2) is 24.4 Å². The molecule has 1 aliphatic heterocycles. The molecule has 1 saturated heterocycles. The molecule has 0 saturated carbocycles. The summed E-state index contributed by atoms with van der Waals surface area (Å²) < 4.78 is 5.45. The summed E-state index contributed by atoms with van der Waals surface area (Å²) in [7, 11) is 2.17. The van der Waals surface area contributed by atoms with Crippen molar-refractivity contribution in [1.82, 2.24) is 15.2 Å². The highest BCUT2D eigenvalue weighted by molar-refractivity contribution is 5.03. The van der Waals surface area contributed by atoms with E-state index in [0.717, 1.165) is 45.7 Å². The maximum atomic E-state index is 5.45. The molecule has 1 aromatic heterocycles. The first-order valence-electron chi connectivity index (χ1n) is 6.74. The first-order valence-corrected chi connectivity index (χ1v) is 6.74. The molecule has 4 heteroatoms. The normalized spacial score (nSPS) is 20.2. The lowest BCUT2D eigenvalue weighted by atomic mass is 10.2. The minimum absolute atomic E-state index is 0.524. The maximum absolute atomic E-state index is 5.45. The van der Waals surface area contributed by atoms with Gasteiger partial charge >= 0.3 is 0 Å². The third kappa shape index (κ3) is 4.72. The number of nitrogens with zero attached hydrogens (tertiary/aromatic N) is 2. The van der Waals surface area contributed by atoms with Crippen LogP contribution in [0.1, 0.15) is 12.1 Å². The van der Waals surface area contributed by atoms with Gasteiger partial charge < -0.3 is 15.0 Å². The average molecular weight is 249 g/mol. The van der Waals surface area contributed by atoms with Gasteiger partial charge in [0.1, 0.15) is 0 Å². The van der Waals surface area contributed by atoms with E-state index in [1.165, 1.54) is 5.69 Å². The fourth-order valence-electron chi connectivity index (χ4n) is 2.14. The van der Waals surface area contributed by atoms with E-state index in [0.29, 0.717) is 6.04 Å².